The van der Waals surface area contributed by atoms with Gasteiger partial charge >= 0.3 is 0 Å². The zero-order chi connectivity index (χ0) is 26.1. The minimum atomic E-state index is -1.93. The van der Waals surface area contributed by atoms with E-state index in [1.807, 2.05) is 13.8 Å². The van der Waals surface area contributed by atoms with Gasteiger partial charge in [0.25, 0.3) is 0 Å². The molecule has 3 rings (SSSR count). The number of hydrogen-bond acceptors (Lipinski definition) is 11. The van der Waals surface area contributed by atoms with Gasteiger partial charge in [0.1, 0.15) is 36.1 Å². The smallest absolute Gasteiger partial charge is 0.187 e. The molecular weight excluding hydrogens is 464 g/mol. The van der Waals surface area contributed by atoms with Gasteiger partial charge in [0.2, 0.25) is 0 Å². The molecule has 35 heavy (non-hydrogen) atoms. The summed E-state index contributed by atoms with van der Waals surface area (Å²) in [6.45, 7) is 6.17. The van der Waals surface area contributed by atoms with E-state index in [4.69, 9.17) is 18.9 Å². The Bertz CT molecular complexity index is 771. The molecule has 2 fully saturated rings. The molecule has 1 aliphatic carbocycles. The van der Waals surface area contributed by atoms with Crippen LogP contribution in [0.15, 0.2) is 11.6 Å². The molecule has 0 amide bonds. The topological polar surface area (TPSA) is 175 Å². The van der Waals surface area contributed by atoms with Gasteiger partial charge in [-0.2, -0.15) is 0 Å². The van der Waals surface area contributed by atoms with Gasteiger partial charge in [-0.3, -0.25) is 4.79 Å². The molecule has 11 heteroatoms. The van der Waals surface area contributed by atoms with Crippen molar-refractivity contribution in [2.24, 2.45) is 11.3 Å². The summed E-state index contributed by atoms with van der Waals surface area (Å²) in [5.74, 6) is 0.303. The Hall–Kier alpha value is -0.990. The van der Waals surface area contributed by atoms with E-state index in [0.717, 1.165) is 12.0 Å². The van der Waals surface area contributed by atoms with Crippen molar-refractivity contribution in [1.82, 2.24) is 0 Å². The van der Waals surface area contributed by atoms with Crippen molar-refractivity contribution in [1.29, 1.82) is 0 Å². The number of carbonyl (C=O) groups excluding carboxylic acids is 1. The zero-order valence-electron chi connectivity index (χ0n) is 20.7. The molecule has 2 saturated heterocycles. The molecule has 0 radical (unpaired) electrons. The van der Waals surface area contributed by atoms with Crippen LogP contribution < -0.4 is 0 Å². The highest BCUT2D eigenvalue weighted by Gasteiger charge is 2.53. The predicted octanol–water partition coefficient (Wildman–Crippen LogP) is -1.00. The SMILES string of the molecule is CC1=CC(=O)CC(C)(C)[C@@H]1CC[C@@H](C)O[C@@H]1O[C@H](CO)[C@@H](O)[C@H](O)[C@H]1O[C@@H]1OC[C@](O)(CO)[C@H]1O. The number of carbonyl (C=O) groups is 1. The van der Waals surface area contributed by atoms with Crippen molar-refractivity contribution in [2.45, 2.75) is 102 Å². The Morgan fingerprint density at radius 2 is 1.86 bits per heavy atom. The molecule has 0 spiro atoms. The van der Waals surface area contributed by atoms with Crippen molar-refractivity contribution < 1.29 is 54.4 Å². The van der Waals surface area contributed by atoms with Gasteiger partial charge in [0.05, 0.1) is 25.9 Å². The highest BCUT2D eigenvalue weighted by atomic mass is 16.8. The number of aliphatic hydroxyl groups excluding tert-OH is 5. The average Bonchev–Trinajstić information content (AvgIpc) is 3.06. The quantitative estimate of drug-likeness (QED) is 0.227. The van der Waals surface area contributed by atoms with E-state index >= 15 is 0 Å². The first kappa shape index (κ1) is 28.6. The highest BCUT2D eigenvalue weighted by molar-refractivity contribution is 5.91. The fourth-order valence-electron chi connectivity index (χ4n) is 5.29. The molecule has 11 nitrogen and oxygen atoms in total. The standard InChI is InChI=1S/C24H40O11/c1-12-7-14(27)8-23(3,4)15(12)6-5-13(2)33-21-19(18(29)17(28)16(9-25)34-21)35-22-20(30)24(31,10-26)11-32-22/h7,13,15-22,25-26,28-31H,5-6,8-11H2,1-4H3/t13-,15-,16-,17-,18+,19-,20+,21-,22+,24-/m1/s1. The minimum Gasteiger partial charge on any atom is -0.394 e. The fraction of sp³-hybridized carbons (Fsp3) is 0.875. The molecule has 0 unspecified atom stereocenters. The Kier molecular flexibility index (Phi) is 9.13. The number of ether oxygens (including phenoxy) is 4. The normalized spacial score (nSPS) is 42.7. The van der Waals surface area contributed by atoms with Crippen molar-refractivity contribution in [3.63, 3.8) is 0 Å². The summed E-state index contributed by atoms with van der Waals surface area (Å²) in [5.41, 5.74) is -1.10. The summed E-state index contributed by atoms with van der Waals surface area (Å²) >= 11 is 0. The molecule has 3 aliphatic rings. The number of rotatable bonds is 9. The maximum absolute atomic E-state index is 12.0. The Labute approximate surface area is 205 Å². The average molecular weight is 505 g/mol. The molecule has 6 N–H and O–H groups in total. The number of ketones is 1. The van der Waals surface area contributed by atoms with E-state index in [9.17, 15) is 35.4 Å². The maximum Gasteiger partial charge on any atom is 0.187 e. The van der Waals surface area contributed by atoms with Crippen LogP contribution in [0.5, 0.6) is 0 Å². The second kappa shape index (κ2) is 11.2. The third kappa shape index (κ3) is 6.12. The molecule has 2 heterocycles. The Morgan fingerprint density at radius 3 is 2.43 bits per heavy atom. The van der Waals surface area contributed by atoms with Gasteiger partial charge in [0.15, 0.2) is 18.4 Å². The van der Waals surface area contributed by atoms with Crippen LogP contribution in [-0.4, -0.2) is 111 Å². The van der Waals surface area contributed by atoms with E-state index in [1.165, 1.54) is 0 Å². The third-order valence-corrected chi connectivity index (χ3v) is 7.44. The summed E-state index contributed by atoms with van der Waals surface area (Å²) in [6.07, 6.45) is -6.64. The number of hydrogen-bond donors (Lipinski definition) is 6. The summed E-state index contributed by atoms with van der Waals surface area (Å²) in [5, 5.41) is 60.5. The van der Waals surface area contributed by atoms with Gasteiger partial charge in [-0.25, -0.2) is 0 Å². The van der Waals surface area contributed by atoms with Gasteiger partial charge in [-0.1, -0.05) is 19.4 Å². The lowest BCUT2D eigenvalue weighted by atomic mass is 9.66. The van der Waals surface area contributed by atoms with E-state index < -0.39 is 74.6 Å². The highest BCUT2D eigenvalue weighted by Crippen LogP contribution is 2.42. The van der Waals surface area contributed by atoms with Crippen molar-refractivity contribution in [3.8, 4) is 0 Å². The Morgan fingerprint density at radius 1 is 1.17 bits per heavy atom. The summed E-state index contributed by atoms with van der Waals surface area (Å²) in [7, 11) is 0. The van der Waals surface area contributed by atoms with Crippen LogP contribution >= 0.6 is 0 Å². The second-order valence-corrected chi connectivity index (χ2v) is 10.8. The minimum absolute atomic E-state index is 0.121. The summed E-state index contributed by atoms with van der Waals surface area (Å²) in [4.78, 5) is 12.0. The van der Waals surface area contributed by atoms with Crippen LogP contribution in [0.2, 0.25) is 0 Å². The predicted molar refractivity (Wildman–Crippen MR) is 121 cm³/mol. The van der Waals surface area contributed by atoms with E-state index in [1.54, 1.807) is 6.08 Å². The van der Waals surface area contributed by atoms with E-state index in [0.29, 0.717) is 12.8 Å². The van der Waals surface area contributed by atoms with Crippen LogP contribution in [0.3, 0.4) is 0 Å². The molecule has 202 valence electrons. The molecule has 10 atom stereocenters. The van der Waals surface area contributed by atoms with Crippen molar-refractivity contribution in [3.05, 3.63) is 11.6 Å². The van der Waals surface area contributed by atoms with Gasteiger partial charge in [0, 0.05) is 6.42 Å². The van der Waals surface area contributed by atoms with Crippen LogP contribution in [-0.2, 0) is 23.7 Å². The van der Waals surface area contributed by atoms with Gasteiger partial charge in [-0.05, 0) is 44.1 Å². The monoisotopic (exact) mass is 504 g/mol. The van der Waals surface area contributed by atoms with Crippen LogP contribution in [0.25, 0.3) is 0 Å². The number of aliphatic hydroxyl groups is 6. The number of allylic oxidation sites excluding steroid dienone is 2. The lowest BCUT2D eigenvalue weighted by Crippen LogP contribution is -2.62. The second-order valence-electron chi connectivity index (χ2n) is 10.8. The molecule has 2 aliphatic heterocycles. The summed E-state index contributed by atoms with van der Waals surface area (Å²) in [6, 6.07) is 0. The largest absolute Gasteiger partial charge is 0.394 e. The summed E-state index contributed by atoms with van der Waals surface area (Å²) < 4.78 is 22.7. The molecule has 0 bridgehead atoms. The molecule has 0 aromatic heterocycles. The molecule has 0 aromatic rings. The first-order chi connectivity index (χ1) is 16.3. The lowest BCUT2D eigenvalue weighted by Gasteiger charge is -2.43. The maximum atomic E-state index is 12.0. The van der Waals surface area contributed by atoms with Crippen LogP contribution in [0.1, 0.15) is 47.0 Å². The lowest BCUT2D eigenvalue weighted by molar-refractivity contribution is -0.342. The first-order valence-electron chi connectivity index (χ1n) is 12.1. The molecule has 0 aromatic carbocycles. The molecule has 0 saturated carbocycles. The Balaban J connectivity index is 1.68. The van der Waals surface area contributed by atoms with Gasteiger partial charge < -0.3 is 49.6 Å². The zero-order valence-corrected chi connectivity index (χ0v) is 20.7. The molecular formula is C24H40O11. The fourth-order valence-corrected chi connectivity index (χ4v) is 5.29. The van der Waals surface area contributed by atoms with Crippen LogP contribution in [0.4, 0.5) is 0 Å². The van der Waals surface area contributed by atoms with Crippen LogP contribution in [0, 0.1) is 11.3 Å². The first-order valence-corrected chi connectivity index (χ1v) is 12.1. The van der Waals surface area contributed by atoms with Crippen molar-refractivity contribution >= 4 is 5.78 Å². The van der Waals surface area contributed by atoms with Crippen molar-refractivity contribution in [2.75, 3.05) is 19.8 Å². The van der Waals surface area contributed by atoms with Gasteiger partial charge in [-0.15, -0.1) is 0 Å². The van der Waals surface area contributed by atoms with E-state index in [-0.39, 0.29) is 17.1 Å². The third-order valence-electron chi connectivity index (χ3n) is 7.44. The van der Waals surface area contributed by atoms with E-state index in [2.05, 4.69) is 13.8 Å².